The Hall–Kier alpha value is -0.720. The van der Waals surface area contributed by atoms with E-state index in [0.717, 1.165) is 38.8 Å². The van der Waals surface area contributed by atoms with Crippen molar-refractivity contribution in [1.29, 1.82) is 0 Å². The molecule has 0 amide bonds. The van der Waals surface area contributed by atoms with Crippen molar-refractivity contribution in [3.8, 4) is 11.5 Å². The number of nitrogens with zero attached hydrogens (tertiary/aromatic N) is 1. The molecule has 0 bridgehead atoms. The Morgan fingerprint density at radius 1 is 1.24 bits per heavy atom. The van der Waals surface area contributed by atoms with Gasteiger partial charge in [-0.25, -0.2) is 0 Å². The fourth-order valence-corrected chi connectivity index (χ4v) is 2.69. The normalized spacial score (nSPS) is 10.2. The van der Waals surface area contributed by atoms with Crippen LogP contribution in [-0.2, 0) is 11.3 Å². The van der Waals surface area contributed by atoms with E-state index in [-0.39, 0.29) is 0 Å². The molecule has 4 nitrogen and oxygen atoms in total. The van der Waals surface area contributed by atoms with Crippen LogP contribution in [0.25, 0.3) is 0 Å². The van der Waals surface area contributed by atoms with Gasteiger partial charge in [-0.2, -0.15) is 0 Å². The SMILES string of the molecule is CCc1c(Cl)c(OCC=C(Br)Br)cc(C)c1OCCCON=C(C)C. The third-order valence-electron chi connectivity index (χ3n) is 3.16. The smallest absolute Gasteiger partial charge is 0.139 e. The molecule has 0 unspecified atom stereocenters. The van der Waals surface area contributed by atoms with Gasteiger partial charge in [0.15, 0.2) is 0 Å². The van der Waals surface area contributed by atoms with Gasteiger partial charge in [0.05, 0.1) is 20.7 Å². The number of rotatable bonds is 10. The standard InChI is InChI=1S/C18H24Br2ClNO3/c1-5-14-17(21)15(23-10-7-16(19)20)11-13(4)18(14)24-8-6-9-25-22-12(2)3/h7,11H,5-6,8-10H2,1-4H3. The summed E-state index contributed by atoms with van der Waals surface area (Å²) in [5.74, 6) is 1.49. The van der Waals surface area contributed by atoms with Crippen molar-refractivity contribution in [1.82, 2.24) is 0 Å². The van der Waals surface area contributed by atoms with Crippen LogP contribution < -0.4 is 9.47 Å². The van der Waals surface area contributed by atoms with E-state index >= 15 is 0 Å². The monoisotopic (exact) mass is 495 g/mol. The number of halogens is 3. The van der Waals surface area contributed by atoms with Crippen molar-refractivity contribution in [2.75, 3.05) is 19.8 Å². The Kier molecular flexibility index (Phi) is 10.5. The number of benzene rings is 1. The minimum atomic E-state index is 0.420. The highest BCUT2D eigenvalue weighted by atomic mass is 79.9. The van der Waals surface area contributed by atoms with Crippen molar-refractivity contribution in [3.63, 3.8) is 0 Å². The van der Waals surface area contributed by atoms with Gasteiger partial charge in [0.2, 0.25) is 0 Å². The molecule has 7 heteroatoms. The first-order valence-electron chi connectivity index (χ1n) is 8.08. The maximum atomic E-state index is 6.51. The number of hydrogen-bond acceptors (Lipinski definition) is 4. The van der Waals surface area contributed by atoms with E-state index < -0.39 is 0 Å². The average molecular weight is 498 g/mol. The molecule has 0 radical (unpaired) electrons. The van der Waals surface area contributed by atoms with Gasteiger partial charge in [-0.1, -0.05) is 23.7 Å². The van der Waals surface area contributed by atoms with E-state index in [1.165, 1.54) is 0 Å². The summed E-state index contributed by atoms with van der Waals surface area (Å²) in [5.41, 5.74) is 2.86. The highest BCUT2D eigenvalue weighted by molar-refractivity contribution is 9.28. The molecule has 1 aromatic rings. The number of aryl methyl sites for hydroxylation is 1. The second kappa shape index (κ2) is 11.8. The van der Waals surface area contributed by atoms with E-state index in [0.29, 0.717) is 30.6 Å². The first-order valence-corrected chi connectivity index (χ1v) is 10.0. The lowest BCUT2D eigenvalue weighted by Crippen LogP contribution is -2.06. The van der Waals surface area contributed by atoms with Crippen LogP contribution in [0.4, 0.5) is 0 Å². The molecule has 0 fully saturated rings. The molecule has 25 heavy (non-hydrogen) atoms. The Labute approximate surface area is 171 Å². The summed E-state index contributed by atoms with van der Waals surface area (Å²) in [6, 6.07) is 1.91. The summed E-state index contributed by atoms with van der Waals surface area (Å²) >= 11 is 13.1. The Bertz CT molecular complexity index is 625. The maximum Gasteiger partial charge on any atom is 0.139 e. The molecule has 0 saturated heterocycles. The lowest BCUT2D eigenvalue weighted by Gasteiger charge is -2.17. The van der Waals surface area contributed by atoms with Crippen molar-refractivity contribution in [2.45, 2.75) is 40.5 Å². The Morgan fingerprint density at radius 2 is 1.96 bits per heavy atom. The summed E-state index contributed by atoms with van der Waals surface area (Å²) in [7, 11) is 0. The average Bonchev–Trinajstić information content (AvgIpc) is 2.54. The molecule has 0 aromatic heterocycles. The fraction of sp³-hybridized carbons (Fsp3) is 0.500. The second-order valence-electron chi connectivity index (χ2n) is 5.55. The number of hydrogen-bond donors (Lipinski definition) is 0. The van der Waals surface area contributed by atoms with Gasteiger partial charge in [0, 0.05) is 12.0 Å². The Balaban J connectivity index is 2.75. The molecule has 0 heterocycles. The van der Waals surface area contributed by atoms with E-state index in [1.807, 2.05) is 39.8 Å². The minimum Gasteiger partial charge on any atom is -0.493 e. The number of ether oxygens (including phenoxy) is 2. The molecule has 1 rings (SSSR count). The van der Waals surface area contributed by atoms with E-state index in [9.17, 15) is 0 Å². The summed E-state index contributed by atoms with van der Waals surface area (Å²) < 4.78 is 12.5. The lowest BCUT2D eigenvalue weighted by atomic mass is 10.1. The van der Waals surface area contributed by atoms with Gasteiger partial charge in [0.25, 0.3) is 0 Å². The molecule has 0 N–H and O–H groups in total. The summed E-state index contributed by atoms with van der Waals surface area (Å²) in [6.45, 7) is 9.32. The highest BCUT2D eigenvalue weighted by Gasteiger charge is 2.16. The molecule has 0 atom stereocenters. The Morgan fingerprint density at radius 3 is 2.56 bits per heavy atom. The van der Waals surface area contributed by atoms with Crippen LogP contribution in [0.5, 0.6) is 11.5 Å². The van der Waals surface area contributed by atoms with Crippen LogP contribution in [0.2, 0.25) is 5.02 Å². The fourth-order valence-electron chi connectivity index (χ4n) is 2.10. The zero-order chi connectivity index (χ0) is 18.8. The molecule has 0 aliphatic carbocycles. The molecule has 0 aliphatic rings. The molecule has 0 spiro atoms. The quantitative estimate of drug-likeness (QED) is 0.213. The summed E-state index contributed by atoms with van der Waals surface area (Å²) in [5, 5.41) is 4.50. The zero-order valence-corrected chi connectivity index (χ0v) is 18.9. The van der Waals surface area contributed by atoms with Crippen molar-refractivity contribution in [2.24, 2.45) is 5.16 Å². The molecule has 0 saturated carbocycles. The van der Waals surface area contributed by atoms with Crippen molar-refractivity contribution < 1.29 is 14.3 Å². The maximum absolute atomic E-state index is 6.51. The largest absolute Gasteiger partial charge is 0.493 e. The van der Waals surface area contributed by atoms with Gasteiger partial charge >= 0.3 is 0 Å². The first-order chi connectivity index (χ1) is 11.9. The highest BCUT2D eigenvalue weighted by Crippen LogP contribution is 2.38. The predicted molar refractivity (Wildman–Crippen MR) is 112 cm³/mol. The summed E-state index contributed by atoms with van der Waals surface area (Å²) in [6.07, 6.45) is 3.38. The second-order valence-corrected chi connectivity index (χ2v) is 8.70. The molecular weight excluding hydrogens is 473 g/mol. The van der Waals surface area contributed by atoms with Crippen LogP contribution in [0.3, 0.4) is 0 Å². The van der Waals surface area contributed by atoms with Gasteiger partial charge < -0.3 is 14.3 Å². The van der Waals surface area contributed by atoms with Gasteiger partial charge in [-0.05, 0) is 76.8 Å². The summed E-state index contributed by atoms with van der Waals surface area (Å²) in [4.78, 5) is 5.18. The van der Waals surface area contributed by atoms with Gasteiger partial charge in [0.1, 0.15) is 24.7 Å². The van der Waals surface area contributed by atoms with Crippen LogP contribution in [0.1, 0.15) is 38.3 Å². The third kappa shape index (κ3) is 8.01. The van der Waals surface area contributed by atoms with Crippen LogP contribution >= 0.6 is 43.5 Å². The number of oxime groups is 1. The van der Waals surface area contributed by atoms with Gasteiger partial charge in [-0.15, -0.1) is 0 Å². The molecule has 1 aromatic carbocycles. The van der Waals surface area contributed by atoms with Crippen molar-refractivity contribution >= 4 is 49.2 Å². The van der Waals surface area contributed by atoms with Crippen LogP contribution in [0, 0.1) is 6.92 Å². The first kappa shape index (κ1) is 22.3. The zero-order valence-electron chi connectivity index (χ0n) is 15.0. The topological polar surface area (TPSA) is 40.0 Å². The van der Waals surface area contributed by atoms with E-state index in [4.69, 9.17) is 25.9 Å². The van der Waals surface area contributed by atoms with Crippen LogP contribution in [0.15, 0.2) is 20.7 Å². The van der Waals surface area contributed by atoms with E-state index in [1.54, 1.807) is 0 Å². The third-order valence-corrected chi connectivity index (χ3v) is 4.23. The molecule has 140 valence electrons. The van der Waals surface area contributed by atoms with E-state index in [2.05, 4.69) is 37.0 Å². The minimum absolute atomic E-state index is 0.420. The lowest BCUT2D eigenvalue weighted by molar-refractivity contribution is 0.127. The predicted octanol–water partition coefficient (Wildman–Crippen LogP) is 6.40. The molecular formula is C18H24Br2ClNO3. The van der Waals surface area contributed by atoms with Crippen molar-refractivity contribution in [3.05, 3.63) is 31.7 Å². The molecule has 0 aliphatic heterocycles. The van der Waals surface area contributed by atoms with Crippen LogP contribution in [-0.4, -0.2) is 25.5 Å². The van der Waals surface area contributed by atoms with Gasteiger partial charge in [-0.3, -0.25) is 0 Å².